The number of sulfonamides is 1. The third-order valence-electron chi connectivity index (χ3n) is 8.01. The van der Waals surface area contributed by atoms with Crippen LogP contribution in [0.4, 0.5) is 0 Å². The van der Waals surface area contributed by atoms with Crippen LogP contribution in [0.25, 0.3) is 0 Å². The van der Waals surface area contributed by atoms with Gasteiger partial charge in [-0.15, -0.1) is 0 Å². The Labute approximate surface area is 235 Å². The van der Waals surface area contributed by atoms with Gasteiger partial charge in [0.15, 0.2) is 11.5 Å². The predicted molar refractivity (Wildman–Crippen MR) is 148 cm³/mol. The molecule has 2 N–H and O–H groups in total. The van der Waals surface area contributed by atoms with Gasteiger partial charge in [0.05, 0.1) is 23.4 Å². The summed E-state index contributed by atoms with van der Waals surface area (Å²) in [7, 11) is -3.92. The number of rotatable bonds is 4. The summed E-state index contributed by atoms with van der Waals surface area (Å²) in [6.07, 6.45) is 5.75. The number of amides is 2. The van der Waals surface area contributed by atoms with E-state index in [0.29, 0.717) is 63.8 Å². The lowest BCUT2D eigenvalue weighted by Crippen LogP contribution is -2.52. The van der Waals surface area contributed by atoms with E-state index in [-0.39, 0.29) is 23.3 Å². The minimum absolute atomic E-state index is 0.00918. The van der Waals surface area contributed by atoms with E-state index in [1.54, 1.807) is 11.0 Å². The minimum Gasteiger partial charge on any atom is -0.491 e. The average Bonchev–Trinajstić information content (AvgIpc) is 2.99. The molecule has 0 aromatic heterocycles. The maximum absolute atomic E-state index is 13.4. The minimum atomic E-state index is -3.92. The number of nitrogens with zero attached hydrogens (tertiary/aromatic N) is 1. The van der Waals surface area contributed by atoms with Gasteiger partial charge in [0, 0.05) is 19.2 Å². The number of ether oxygens (including phenoxy) is 3. The second-order valence-electron chi connectivity index (χ2n) is 10.6. The number of carbonyl (C=O) groups excluding carboxylic acids is 2. The molecule has 2 aromatic rings. The number of aryl methyl sites for hydroxylation is 1. The van der Waals surface area contributed by atoms with Crippen LogP contribution in [0, 0.1) is 5.41 Å². The maximum atomic E-state index is 13.4. The molecule has 0 aliphatic carbocycles. The summed E-state index contributed by atoms with van der Waals surface area (Å²) in [6.45, 7) is 2.02. The van der Waals surface area contributed by atoms with Crippen molar-refractivity contribution in [1.82, 2.24) is 14.9 Å². The van der Waals surface area contributed by atoms with Crippen molar-refractivity contribution in [3.8, 4) is 17.2 Å². The second kappa shape index (κ2) is 12.5. The Morgan fingerprint density at radius 1 is 0.900 bits per heavy atom. The van der Waals surface area contributed by atoms with Gasteiger partial charge in [-0.2, -0.15) is 0 Å². The lowest BCUT2D eigenvalue weighted by atomic mass is 9.73. The van der Waals surface area contributed by atoms with E-state index in [0.717, 1.165) is 37.9 Å². The van der Waals surface area contributed by atoms with Gasteiger partial charge >= 0.3 is 0 Å². The van der Waals surface area contributed by atoms with Crippen LogP contribution >= 0.6 is 0 Å². The standard InChI is InChI=1S/C29H37N3O7S/c33-27(21-31-40(35,36)23-9-10-25-26(20-23)39-19-18-38-25)32-15-12-29(13-16-32)11-5-1-2-6-22-7-3-4-8-24(22)37-17-14-30-28(29)34/h3-4,7-10,20,31H,1-2,5-6,11-19,21H2,(H,30,34). The van der Waals surface area contributed by atoms with E-state index < -0.39 is 15.4 Å². The average molecular weight is 572 g/mol. The summed E-state index contributed by atoms with van der Waals surface area (Å²) in [5.41, 5.74) is 0.654. The molecule has 3 aliphatic rings. The second-order valence-corrected chi connectivity index (χ2v) is 12.3. The molecule has 0 saturated carbocycles. The van der Waals surface area contributed by atoms with Crippen molar-refractivity contribution in [2.75, 3.05) is 46.0 Å². The van der Waals surface area contributed by atoms with Crippen molar-refractivity contribution in [1.29, 1.82) is 0 Å². The third kappa shape index (κ3) is 6.52. The zero-order valence-corrected chi connectivity index (χ0v) is 23.5. The summed E-state index contributed by atoms with van der Waals surface area (Å²) >= 11 is 0. The number of likely N-dealkylation sites (tertiary alicyclic amines) is 1. The fraction of sp³-hybridized carbons (Fsp3) is 0.517. The van der Waals surface area contributed by atoms with Gasteiger partial charge < -0.3 is 24.4 Å². The Morgan fingerprint density at radius 2 is 1.65 bits per heavy atom. The van der Waals surface area contributed by atoms with Gasteiger partial charge in [0.1, 0.15) is 25.6 Å². The lowest BCUT2D eigenvalue weighted by molar-refractivity contribution is -0.140. The summed E-state index contributed by atoms with van der Waals surface area (Å²) in [4.78, 5) is 28.0. The lowest BCUT2D eigenvalue weighted by Gasteiger charge is -2.41. The van der Waals surface area contributed by atoms with Crippen molar-refractivity contribution in [3.05, 3.63) is 48.0 Å². The zero-order chi connectivity index (χ0) is 28.0. The molecule has 11 heteroatoms. The van der Waals surface area contributed by atoms with Crippen molar-refractivity contribution in [2.24, 2.45) is 5.41 Å². The van der Waals surface area contributed by atoms with Gasteiger partial charge in [-0.05, 0) is 55.9 Å². The Balaban J connectivity index is 1.15. The van der Waals surface area contributed by atoms with Crippen LogP contribution in [0.2, 0.25) is 0 Å². The zero-order valence-electron chi connectivity index (χ0n) is 22.7. The van der Waals surface area contributed by atoms with Crippen molar-refractivity contribution in [2.45, 2.75) is 49.8 Å². The molecule has 1 spiro atoms. The van der Waals surface area contributed by atoms with E-state index in [9.17, 15) is 18.0 Å². The van der Waals surface area contributed by atoms with Crippen LogP contribution in [0.1, 0.15) is 44.1 Å². The highest BCUT2D eigenvalue weighted by molar-refractivity contribution is 7.89. The normalized spacial score (nSPS) is 19.7. The van der Waals surface area contributed by atoms with Crippen LogP contribution in [0.15, 0.2) is 47.4 Å². The monoisotopic (exact) mass is 571 g/mol. The quantitative estimate of drug-likeness (QED) is 0.579. The topological polar surface area (TPSA) is 123 Å². The number of fused-ring (bicyclic) bond motifs is 2. The molecule has 40 heavy (non-hydrogen) atoms. The first-order valence-electron chi connectivity index (χ1n) is 14.0. The number of nitrogens with one attached hydrogen (secondary N) is 2. The number of hydrogen-bond donors (Lipinski definition) is 2. The smallest absolute Gasteiger partial charge is 0.241 e. The first-order chi connectivity index (χ1) is 19.4. The van der Waals surface area contributed by atoms with Crippen LogP contribution in [0.5, 0.6) is 17.2 Å². The first-order valence-corrected chi connectivity index (χ1v) is 15.5. The van der Waals surface area contributed by atoms with Gasteiger partial charge in [0.25, 0.3) is 0 Å². The van der Waals surface area contributed by atoms with Crippen LogP contribution in [-0.4, -0.2) is 71.1 Å². The number of hydrogen-bond acceptors (Lipinski definition) is 7. The van der Waals surface area contributed by atoms with E-state index in [2.05, 4.69) is 16.1 Å². The number of benzene rings is 2. The highest BCUT2D eigenvalue weighted by Gasteiger charge is 2.41. The van der Waals surface area contributed by atoms with E-state index in [1.165, 1.54) is 17.7 Å². The summed E-state index contributed by atoms with van der Waals surface area (Å²) in [5, 5.41) is 3.06. The summed E-state index contributed by atoms with van der Waals surface area (Å²) in [5.74, 6) is 1.43. The number of carbonyl (C=O) groups is 2. The highest BCUT2D eigenvalue weighted by atomic mass is 32.2. The molecular formula is C29H37N3O7S. The predicted octanol–water partition coefficient (Wildman–Crippen LogP) is 2.66. The molecule has 2 aromatic carbocycles. The largest absolute Gasteiger partial charge is 0.491 e. The fourth-order valence-electron chi connectivity index (χ4n) is 5.64. The van der Waals surface area contributed by atoms with E-state index in [4.69, 9.17) is 14.2 Å². The Kier molecular flexibility index (Phi) is 8.80. The van der Waals surface area contributed by atoms with E-state index in [1.807, 2.05) is 18.2 Å². The molecule has 1 saturated heterocycles. The van der Waals surface area contributed by atoms with Gasteiger partial charge in [-0.1, -0.05) is 31.0 Å². The van der Waals surface area contributed by atoms with E-state index >= 15 is 0 Å². The molecule has 3 aliphatic heterocycles. The Morgan fingerprint density at radius 3 is 2.48 bits per heavy atom. The molecule has 0 bridgehead atoms. The number of para-hydroxylation sites is 1. The van der Waals surface area contributed by atoms with Gasteiger partial charge in [0.2, 0.25) is 21.8 Å². The fourth-order valence-corrected chi connectivity index (χ4v) is 6.63. The Bertz CT molecular complexity index is 1320. The molecule has 10 nitrogen and oxygen atoms in total. The number of piperidine rings is 1. The molecule has 0 atom stereocenters. The molecule has 3 heterocycles. The van der Waals surface area contributed by atoms with Crippen LogP contribution in [0.3, 0.4) is 0 Å². The molecular weight excluding hydrogens is 534 g/mol. The SMILES string of the molecule is O=C(CNS(=O)(=O)c1ccc2c(c1)OCCO2)N1CCC2(CCCCCc3ccccc3OCCNC2=O)CC1. The van der Waals surface area contributed by atoms with Crippen molar-refractivity contribution < 1.29 is 32.2 Å². The third-order valence-corrected chi connectivity index (χ3v) is 9.41. The summed E-state index contributed by atoms with van der Waals surface area (Å²) < 4.78 is 44.9. The van der Waals surface area contributed by atoms with Crippen molar-refractivity contribution >= 4 is 21.8 Å². The molecule has 5 rings (SSSR count). The van der Waals surface area contributed by atoms with Gasteiger partial charge in [-0.3, -0.25) is 9.59 Å². The first kappa shape index (κ1) is 28.2. The van der Waals surface area contributed by atoms with Crippen molar-refractivity contribution in [3.63, 3.8) is 0 Å². The van der Waals surface area contributed by atoms with Gasteiger partial charge in [-0.25, -0.2) is 13.1 Å². The summed E-state index contributed by atoms with van der Waals surface area (Å²) in [6, 6.07) is 12.4. The maximum Gasteiger partial charge on any atom is 0.241 e. The highest BCUT2D eigenvalue weighted by Crippen LogP contribution is 2.38. The molecule has 0 radical (unpaired) electrons. The molecule has 2 amide bonds. The molecule has 1 fully saturated rings. The Hall–Kier alpha value is -3.31. The van der Waals surface area contributed by atoms with Crippen LogP contribution < -0.4 is 24.2 Å². The molecule has 216 valence electrons. The van der Waals surface area contributed by atoms with Crippen LogP contribution in [-0.2, 0) is 26.0 Å². The molecule has 0 unspecified atom stereocenters.